The van der Waals surface area contributed by atoms with Gasteiger partial charge < -0.3 is 15.4 Å². The number of benzene rings is 1. The Kier molecular flexibility index (Phi) is 6.10. The monoisotopic (exact) mass is 282 g/mol. The third-order valence-electron chi connectivity index (χ3n) is 3.53. The fourth-order valence-corrected chi connectivity index (χ4v) is 1.91. The van der Waals surface area contributed by atoms with E-state index in [-0.39, 0.29) is 11.7 Å². The minimum atomic E-state index is -0.916. The quantitative estimate of drug-likeness (QED) is 0.835. The second-order valence-corrected chi connectivity index (χ2v) is 4.87. The fourth-order valence-electron chi connectivity index (χ4n) is 1.91. The zero-order chi connectivity index (χ0) is 15.2. The summed E-state index contributed by atoms with van der Waals surface area (Å²) in [5, 5.41) is 0. The smallest absolute Gasteiger partial charge is 0.258 e. The molecule has 1 unspecified atom stereocenters. The van der Waals surface area contributed by atoms with E-state index >= 15 is 0 Å². The highest BCUT2D eigenvalue weighted by atomic mass is 19.1. The van der Waals surface area contributed by atoms with E-state index in [1.165, 1.54) is 19.2 Å². The van der Waals surface area contributed by atoms with Gasteiger partial charge in [-0.05, 0) is 44.5 Å². The van der Waals surface area contributed by atoms with Crippen molar-refractivity contribution in [1.82, 2.24) is 0 Å². The van der Waals surface area contributed by atoms with Crippen molar-refractivity contribution in [3.05, 3.63) is 30.1 Å². The number of carbonyl (C=O) groups is 1. The zero-order valence-corrected chi connectivity index (χ0v) is 12.4. The minimum Gasteiger partial charge on any atom is -0.369 e. The molecule has 0 heterocycles. The van der Waals surface area contributed by atoms with E-state index in [1.807, 2.05) is 6.92 Å². The van der Waals surface area contributed by atoms with Crippen molar-refractivity contribution in [1.29, 1.82) is 0 Å². The Morgan fingerprint density at radius 2 is 2.20 bits per heavy atom. The first-order valence-electron chi connectivity index (χ1n) is 6.81. The third-order valence-corrected chi connectivity index (χ3v) is 3.53. The van der Waals surface area contributed by atoms with Crippen LogP contribution < -0.4 is 10.6 Å². The van der Waals surface area contributed by atoms with Crippen LogP contribution in [-0.2, 0) is 9.53 Å². The second kappa shape index (κ2) is 7.36. The molecule has 1 amide bonds. The first-order chi connectivity index (χ1) is 9.48. The van der Waals surface area contributed by atoms with Crippen molar-refractivity contribution in [2.45, 2.75) is 32.3 Å². The number of ether oxygens (including phenoxy) is 1. The van der Waals surface area contributed by atoms with Crippen LogP contribution in [0.1, 0.15) is 26.7 Å². The van der Waals surface area contributed by atoms with Gasteiger partial charge in [-0.3, -0.25) is 4.79 Å². The van der Waals surface area contributed by atoms with Gasteiger partial charge in [0.05, 0.1) is 0 Å². The molecule has 1 aromatic carbocycles. The van der Waals surface area contributed by atoms with Crippen LogP contribution in [0.15, 0.2) is 24.3 Å². The Morgan fingerprint density at radius 1 is 1.50 bits per heavy atom. The Bertz CT molecular complexity index is 447. The van der Waals surface area contributed by atoms with Gasteiger partial charge in [-0.1, -0.05) is 13.0 Å². The highest BCUT2D eigenvalue weighted by Gasteiger charge is 2.35. The van der Waals surface area contributed by atoms with Crippen molar-refractivity contribution in [3.63, 3.8) is 0 Å². The molecule has 0 aliphatic carbocycles. The van der Waals surface area contributed by atoms with E-state index in [2.05, 4.69) is 0 Å². The van der Waals surface area contributed by atoms with E-state index in [9.17, 15) is 9.18 Å². The molecule has 0 aromatic heterocycles. The summed E-state index contributed by atoms with van der Waals surface area (Å²) in [5.74, 6) is -0.551. The molecule has 0 spiro atoms. The van der Waals surface area contributed by atoms with Gasteiger partial charge in [0, 0.05) is 19.3 Å². The van der Waals surface area contributed by atoms with Crippen LogP contribution in [-0.4, -0.2) is 31.7 Å². The molecule has 0 aliphatic rings. The maximum atomic E-state index is 13.4. The van der Waals surface area contributed by atoms with E-state index in [0.29, 0.717) is 31.6 Å². The highest BCUT2D eigenvalue weighted by Crippen LogP contribution is 2.24. The molecule has 0 radical (unpaired) electrons. The summed E-state index contributed by atoms with van der Waals surface area (Å²) in [6.45, 7) is 4.53. The molecule has 2 N–H and O–H groups in total. The van der Waals surface area contributed by atoms with Gasteiger partial charge in [0.2, 0.25) is 0 Å². The number of halogens is 1. The van der Waals surface area contributed by atoms with Crippen LogP contribution in [0.25, 0.3) is 0 Å². The third kappa shape index (κ3) is 3.77. The van der Waals surface area contributed by atoms with Crippen LogP contribution in [0, 0.1) is 5.82 Å². The van der Waals surface area contributed by atoms with Gasteiger partial charge in [-0.2, -0.15) is 0 Å². The summed E-state index contributed by atoms with van der Waals surface area (Å²) in [4.78, 5) is 14.2. The predicted octanol–water partition coefficient (Wildman–Crippen LogP) is 2.32. The lowest BCUT2D eigenvalue weighted by molar-refractivity contribution is -0.138. The van der Waals surface area contributed by atoms with Gasteiger partial charge in [0.1, 0.15) is 11.4 Å². The predicted molar refractivity (Wildman–Crippen MR) is 78.1 cm³/mol. The number of nitrogens with two attached hydrogens (primary N) is 1. The molecule has 112 valence electrons. The fraction of sp³-hybridized carbons (Fsp3) is 0.533. The molecule has 1 aromatic rings. The lowest BCUT2D eigenvalue weighted by Crippen LogP contribution is -2.49. The molecule has 0 aliphatic heterocycles. The summed E-state index contributed by atoms with van der Waals surface area (Å²) in [6.07, 6.45) is 1.18. The van der Waals surface area contributed by atoms with Gasteiger partial charge in [0.15, 0.2) is 0 Å². The van der Waals surface area contributed by atoms with Crippen molar-refractivity contribution >= 4 is 11.6 Å². The summed E-state index contributed by atoms with van der Waals surface area (Å²) in [6, 6.07) is 6.00. The standard InChI is InChI=1S/C15H23FN2O2/c1-4-15(2,20-3)14(19)18(10-6-9-17)13-8-5-7-12(16)11-13/h5,7-8,11H,4,6,9-10,17H2,1-3H3. The molecular weight excluding hydrogens is 259 g/mol. The molecule has 0 saturated carbocycles. The first kappa shape index (κ1) is 16.6. The van der Waals surface area contributed by atoms with Crippen LogP contribution in [0.5, 0.6) is 0 Å². The average molecular weight is 282 g/mol. The molecule has 5 heteroatoms. The molecule has 4 nitrogen and oxygen atoms in total. The summed E-state index contributed by atoms with van der Waals surface area (Å²) in [7, 11) is 1.51. The van der Waals surface area contributed by atoms with Crippen LogP contribution in [0.3, 0.4) is 0 Å². The highest BCUT2D eigenvalue weighted by molar-refractivity contribution is 5.99. The number of anilines is 1. The number of methoxy groups -OCH3 is 1. The Hall–Kier alpha value is -1.46. The van der Waals surface area contributed by atoms with Crippen LogP contribution >= 0.6 is 0 Å². The van der Waals surface area contributed by atoms with Crippen molar-refractivity contribution in [2.24, 2.45) is 5.73 Å². The Labute approximate surface area is 119 Å². The topological polar surface area (TPSA) is 55.6 Å². The molecular formula is C15H23FN2O2. The lowest BCUT2D eigenvalue weighted by Gasteiger charge is -2.33. The SMILES string of the molecule is CCC(C)(OC)C(=O)N(CCCN)c1cccc(F)c1. The molecule has 0 fully saturated rings. The molecule has 1 atom stereocenters. The summed E-state index contributed by atoms with van der Waals surface area (Å²) < 4.78 is 18.7. The van der Waals surface area contributed by atoms with Gasteiger partial charge in [-0.15, -0.1) is 0 Å². The van der Waals surface area contributed by atoms with Gasteiger partial charge >= 0.3 is 0 Å². The average Bonchev–Trinajstić information content (AvgIpc) is 2.46. The molecule has 0 saturated heterocycles. The number of amides is 1. The second-order valence-electron chi connectivity index (χ2n) is 4.87. The summed E-state index contributed by atoms with van der Waals surface area (Å²) >= 11 is 0. The van der Waals surface area contributed by atoms with Crippen molar-refractivity contribution < 1.29 is 13.9 Å². The molecule has 0 bridgehead atoms. The number of nitrogens with zero attached hydrogens (tertiary/aromatic N) is 1. The number of rotatable bonds is 7. The summed E-state index contributed by atoms with van der Waals surface area (Å²) in [5.41, 5.74) is 5.13. The van der Waals surface area contributed by atoms with Crippen LogP contribution in [0.2, 0.25) is 0 Å². The number of carbonyl (C=O) groups excluding carboxylic acids is 1. The lowest BCUT2D eigenvalue weighted by atomic mass is 10.0. The maximum absolute atomic E-state index is 13.4. The minimum absolute atomic E-state index is 0.179. The van der Waals surface area contributed by atoms with E-state index in [1.54, 1.807) is 24.0 Å². The number of hydrogen-bond donors (Lipinski definition) is 1. The van der Waals surface area contributed by atoms with E-state index in [0.717, 1.165) is 0 Å². The normalized spacial score (nSPS) is 13.8. The van der Waals surface area contributed by atoms with Crippen LogP contribution in [0.4, 0.5) is 10.1 Å². The first-order valence-corrected chi connectivity index (χ1v) is 6.81. The van der Waals surface area contributed by atoms with E-state index < -0.39 is 5.60 Å². The largest absolute Gasteiger partial charge is 0.369 e. The van der Waals surface area contributed by atoms with Crippen molar-refractivity contribution in [2.75, 3.05) is 25.1 Å². The molecule has 1 rings (SSSR count). The van der Waals surface area contributed by atoms with Gasteiger partial charge in [0.25, 0.3) is 5.91 Å². The van der Waals surface area contributed by atoms with E-state index in [4.69, 9.17) is 10.5 Å². The molecule has 20 heavy (non-hydrogen) atoms. The Morgan fingerprint density at radius 3 is 2.70 bits per heavy atom. The Balaban J connectivity index is 3.09. The van der Waals surface area contributed by atoms with Gasteiger partial charge in [-0.25, -0.2) is 4.39 Å². The number of hydrogen-bond acceptors (Lipinski definition) is 3. The van der Waals surface area contributed by atoms with Crippen molar-refractivity contribution in [3.8, 4) is 0 Å². The maximum Gasteiger partial charge on any atom is 0.258 e. The zero-order valence-electron chi connectivity index (χ0n) is 12.4.